The van der Waals surface area contributed by atoms with E-state index >= 15 is 0 Å². The number of rotatable bonds is 6. The first-order valence-corrected chi connectivity index (χ1v) is 9.90. The molecule has 0 unspecified atom stereocenters. The summed E-state index contributed by atoms with van der Waals surface area (Å²) in [6.07, 6.45) is 0. The van der Waals surface area contributed by atoms with Gasteiger partial charge in [0.05, 0.1) is 0 Å². The molecular formula is C23H17N3O2S. The average Bonchev–Trinajstić information content (AvgIpc) is 2.79. The van der Waals surface area contributed by atoms with E-state index in [1.54, 1.807) is 12.1 Å². The van der Waals surface area contributed by atoms with E-state index in [-0.39, 0.29) is 0 Å². The first kappa shape index (κ1) is 18.8. The van der Waals surface area contributed by atoms with Crippen molar-refractivity contribution in [3.8, 4) is 22.5 Å². The molecule has 0 aliphatic carbocycles. The van der Waals surface area contributed by atoms with Gasteiger partial charge in [0.2, 0.25) is 5.16 Å². The number of aliphatic carboxylic acids is 1. The third-order valence-electron chi connectivity index (χ3n) is 4.31. The lowest BCUT2D eigenvalue weighted by molar-refractivity contribution is -0.136. The molecule has 0 aliphatic rings. The third kappa shape index (κ3) is 4.33. The molecule has 0 saturated carbocycles. The second-order valence-electron chi connectivity index (χ2n) is 6.27. The Morgan fingerprint density at radius 1 is 0.724 bits per heavy atom. The van der Waals surface area contributed by atoms with E-state index in [1.165, 1.54) is 0 Å². The lowest BCUT2D eigenvalue weighted by Gasteiger charge is -2.13. The Morgan fingerprint density at radius 3 is 1.79 bits per heavy atom. The van der Waals surface area contributed by atoms with Crippen molar-refractivity contribution in [3.63, 3.8) is 0 Å². The fraction of sp³-hybridized carbons (Fsp3) is 0.0435. The van der Waals surface area contributed by atoms with Gasteiger partial charge < -0.3 is 5.11 Å². The van der Waals surface area contributed by atoms with Gasteiger partial charge in [0.1, 0.15) is 16.6 Å². The first-order chi connectivity index (χ1) is 14.2. The summed E-state index contributed by atoms with van der Waals surface area (Å²) in [4.78, 5) is 16.5. The van der Waals surface area contributed by atoms with Crippen LogP contribution in [0.15, 0.2) is 96.2 Å². The summed E-state index contributed by atoms with van der Waals surface area (Å²) in [6, 6.07) is 28.5. The summed E-state index contributed by atoms with van der Waals surface area (Å²) in [5, 5.41) is 17.8. The van der Waals surface area contributed by atoms with E-state index in [4.69, 9.17) is 4.98 Å². The third-order valence-corrected chi connectivity index (χ3v) is 5.40. The number of nitrogens with zero attached hydrogens (tertiary/aromatic N) is 3. The molecule has 0 spiro atoms. The van der Waals surface area contributed by atoms with Crippen molar-refractivity contribution in [2.24, 2.45) is 0 Å². The predicted molar refractivity (Wildman–Crippen MR) is 113 cm³/mol. The zero-order valence-corrected chi connectivity index (χ0v) is 16.2. The van der Waals surface area contributed by atoms with E-state index in [0.29, 0.717) is 22.1 Å². The van der Waals surface area contributed by atoms with Gasteiger partial charge in [-0.25, -0.2) is 4.98 Å². The van der Waals surface area contributed by atoms with Crippen LogP contribution in [0.4, 0.5) is 0 Å². The van der Waals surface area contributed by atoms with E-state index in [2.05, 4.69) is 10.2 Å². The average molecular weight is 399 g/mol. The van der Waals surface area contributed by atoms with Gasteiger partial charge in [-0.3, -0.25) is 4.79 Å². The zero-order valence-electron chi connectivity index (χ0n) is 15.3. The number of carboxylic acids is 1. The van der Waals surface area contributed by atoms with Crippen LogP contribution in [0.25, 0.3) is 22.5 Å². The molecule has 4 rings (SSSR count). The fourth-order valence-corrected chi connectivity index (χ4v) is 3.78. The number of hydrogen-bond donors (Lipinski definition) is 1. The fourth-order valence-electron chi connectivity index (χ4n) is 2.94. The summed E-state index contributed by atoms with van der Waals surface area (Å²) < 4.78 is 0. The van der Waals surface area contributed by atoms with E-state index in [9.17, 15) is 9.90 Å². The Bertz CT molecular complexity index is 1110. The smallest absolute Gasteiger partial charge is 0.321 e. The molecule has 6 heteroatoms. The summed E-state index contributed by atoms with van der Waals surface area (Å²) in [5.41, 5.74) is 3.82. The molecule has 29 heavy (non-hydrogen) atoms. The largest absolute Gasteiger partial charge is 0.480 e. The second kappa shape index (κ2) is 8.67. The van der Waals surface area contributed by atoms with E-state index < -0.39 is 11.2 Å². The molecule has 0 amide bonds. The summed E-state index contributed by atoms with van der Waals surface area (Å²) in [7, 11) is 0. The second-order valence-corrected chi connectivity index (χ2v) is 7.34. The molecular weight excluding hydrogens is 382 g/mol. The maximum atomic E-state index is 11.9. The van der Waals surface area contributed by atoms with Crippen molar-refractivity contribution in [3.05, 3.63) is 96.6 Å². The van der Waals surface area contributed by atoms with Crippen LogP contribution in [0.1, 0.15) is 10.8 Å². The van der Waals surface area contributed by atoms with Crippen LogP contribution < -0.4 is 0 Å². The molecule has 0 fully saturated rings. The van der Waals surface area contributed by atoms with Crippen molar-refractivity contribution in [1.29, 1.82) is 0 Å². The van der Waals surface area contributed by atoms with Crippen molar-refractivity contribution in [2.45, 2.75) is 10.4 Å². The summed E-state index contributed by atoms with van der Waals surface area (Å²) >= 11 is 1.08. The summed E-state index contributed by atoms with van der Waals surface area (Å²) in [5.74, 6) is -0.946. The van der Waals surface area contributed by atoms with Crippen LogP contribution in [0.5, 0.6) is 0 Å². The number of hydrogen-bond acceptors (Lipinski definition) is 5. The van der Waals surface area contributed by atoms with Gasteiger partial charge in [-0.2, -0.15) is 0 Å². The number of aromatic nitrogens is 3. The van der Waals surface area contributed by atoms with Gasteiger partial charge >= 0.3 is 5.97 Å². The van der Waals surface area contributed by atoms with Crippen LogP contribution >= 0.6 is 11.8 Å². The molecule has 1 heterocycles. The van der Waals surface area contributed by atoms with Gasteiger partial charge in [-0.1, -0.05) is 103 Å². The standard InChI is InChI=1S/C23H17N3O2S/c27-22(28)21(18-14-8-3-9-15-18)29-23-24-19(16-10-4-1-5-11-16)20(25-26-23)17-12-6-2-7-13-17/h1-15,21H,(H,27,28)/t21-/m0/s1. The minimum absolute atomic E-state index is 0.319. The van der Waals surface area contributed by atoms with Gasteiger partial charge in [-0.15, -0.1) is 10.2 Å². The Balaban J connectivity index is 1.77. The number of carboxylic acid groups (broad SMARTS) is 1. The van der Waals surface area contributed by atoms with Crippen molar-refractivity contribution >= 4 is 17.7 Å². The quantitative estimate of drug-likeness (QED) is 0.453. The normalized spacial score (nSPS) is 11.7. The predicted octanol–water partition coefficient (Wildman–Crippen LogP) is 5.12. The Kier molecular flexibility index (Phi) is 5.63. The van der Waals surface area contributed by atoms with Gasteiger partial charge in [0, 0.05) is 11.1 Å². The molecule has 0 saturated heterocycles. The van der Waals surface area contributed by atoms with E-state index in [1.807, 2.05) is 78.9 Å². The van der Waals surface area contributed by atoms with Crippen LogP contribution in [0, 0.1) is 0 Å². The minimum atomic E-state index is -0.946. The molecule has 4 aromatic rings. The molecule has 0 radical (unpaired) electrons. The lowest BCUT2D eigenvalue weighted by Crippen LogP contribution is -2.09. The van der Waals surface area contributed by atoms with Crippen LogP contribution in [-0.4, -0.2) is 26.3 Å². The van der Waals surface area contributed by atoms with Crippen LogP contribution in [0.2, 0.25) is 0 Å². The SMILES string of the molecule is O=C(O)[C@@H](Sc1nnc(-c2ccccc2)c(-c2ccccc2)n1)c1ccccc1. The molecule has 1 atom stereocenters. The van der Waals surface area contributed by atoms with Crippen molar-refractivity contribution in [2.75, 3.05) is 0 Å². The zero-order chi connectivity index (χ0) is 20.1. The highest BCUT2D eigenvalue weighted by Crippen LogP contribution is 2.36. The number of carbonyl (C=O) groups is 1. The first-order valence-electron chi connectivity index (χ1n) is 9.02. The monoisotopic (exact) mass is 399 g/mol. The number of benzene rings is 3. The van der Waals surface area contributed by atoms with Gasteiger partial charge in [-0.05, 0) is 5.56 Å². The highest BCUT2D eigenvalue weighted by Gasteiger charge is 2.24. The maximum absolute atomic E-state index is 11.9. The van der Waals surface area contributed by atoms with Crippen LogP contribution in [0.3, 0.4) is 0 Å². The minimum Gasteiger partial charge on any atom is -0.480 e. The molecule has 0 aliphatic heterocycles. The molecule has 1 aromatic heterocycles. The molecule has 1 N–H and O–H groups in total. The van der Waals surface area contributed by atoms with Crippen LogP contribution in [-0.2, 0) is 4.79 Å². The van der Waals surface area contributed by atoms with Crippen molar-refractivity contribution < 1.29 is 9.90 Å². The maximum Gasteiger partial charge on any atom is 0.321 e. The topological polar surface area (TPSA) is 76.0 Å². The van der Waals surface area contributed by atoms with E-state index in [0.717, 1.165) is 22.9 Å². The Labute approximate surface area is 172 Å². The molecule has 0 bridgehead atoms. The molecule has 142 valence electrons. The van der Waals surface area contributed by atoms with Gasteiger partial charge in [0.25, 0.3) is 0 Å². The highest BCUT2D eigenvalue weighted by molar-refractivity contribution is 8.00. The van der Waals surface area contributed by atoms with Crippen molar-refractivity contribution in [1.82, 2.24) is 15.2 Å². The summed E-state index contributed by atoms with van der Waals surface area (Å²) in [6.45, 7) is 0. The highest BCUT2D eigenvalue weighted by atomic mass is 32.2. The van der Waals surface area contributed by atoms with Gasteiger partial charge in [0.15, 0.2) is 0 Å². The number of thioether (sulfide) groups is 1. The lowest BCUT2D eigenvalue weighted by atomic mass is 10.0. The Morgan fingerprint density at radius 2 is 1.24 bits per heavy atom. The molecule has 5 nitrogen and oxygen atoms in total. The Hall–Kier alpha value is -3.51. The molecule has 3 aromatic carbocycles.